The first kappa shape index (κ1) is 15.2. The van der Waals surface area contributed by atoms with Gasteiger partial charge < -0.3 is 15.2 Å². The van der Waals surface area contributed by atoms with Crippen molar-refractivity contribution in [3.8, 4) is 5.75 Å². The third-order valence-electron chi connectivity index (χ3n) is 2.32. The van der Waals surface area contributed by atoms with Crippen LogP contribution in [0.5, 0.6) is 5.75 Å². The lowest BCUT2D eigenvalue weighted by atomic mass is 10.2. The Hall–Kier alpha value is -1.81. The maximum atomic E-state index is 11.5. The lowest BCUT2D eigenvalue weighted by molar-refractivity contribution is -0.117. The summed E-state index contributed by atoms with van der Waals surface area (Å²) >= 11 is 0. The van der Waals surface area contributed by atoms with Gasteiger partial charge in [-0.1, -0.05) is 12.1 Å². The summed E-state index contributed by atoms with van der Waals surface area (Å²) in [5.74, 6) is 0.554. The van der Waals surface area contributed by atoms with Crippen LogP contribution in [0, 0.1) is 0 Å². The molecule has 1 rings (SSSR count). The lowest BCUT2D eigenvalue weighted by Gasteiger charge is -2.10. The Kier molecular flexibility index (Phi) is 6.09. The Bertz CT molecular complexity index is 441. The third-order valence-corrected chi connectivity index (χ3v) is 2.32. The fraction of sp³-hybridized carbons (Fsp3) is 0.400. The molecular formula is C15H21NO3. The zero-order valence-corrected chi connectivity index (χ0v) is 11.6. The summed E-state index contributed by atoms with van der Waals surface area (Å²) in [6.07, 6.45) is 3.28. The van der Waals surface area contributed by atoms with E-state index >= 15 is 0 Å². The summed E-state index contributed by atoms with van der Waals surface area (Å²) in [6, 6.07) is 7.29. The standard InChI is InChI=1S/C15H21NO3/c1-11(2)19-14-6-4-5-13(9-14)7-8-15(18)16-12(3)10-17/h4-9,11-12,17H,10H2,1-3H3,(H,16,18)/b8-7+. The van der Waals surface area contributed by atoms with Gasteiger partial charge in [0.2, 0.25) is 5.91 Å². The molecule has 4 nitrogen and oxygen atoms in total. The molecule has 0 aliphatic carbocycles. The van der Waals surface area contributed by atoms with Crippen LogP contribution >= 0.6 is 0 Å². The van der Waals surface area contributed by atoms with Crippen LogP contribution in [0.2, 0.25) is 0 Å². The molecule has 0 aromatic heterocycles. The fourth-order valence-corrected chi connectivity index (χ4v) is 1.47. The van der Waals surface area contributed by atoms with E-state index in [2.05, 4.69) is 5.32 Å². The molecule has 1 unspecified atom stereocenters. The SMILES string of the molecule is CC(CO)NC(=O)/C=C/c1cccc(OC(C)C)c1. The van der Waals surface area contributed by atoms with Crippen molar-refractivity contribution in [1.29, 1.82) is 0 Å². The number of hydrogen-bond acceptors (Lipinski definition) is 3. The van der Waals surface area contributed by atoms with Crippen LogP contribution in [0.25, 0.3) is 6.08 Å². The molecule has 4 heteroatoms. The second-order valence-corrected chi connectivity index (χ2v) is 4.66. The molecule has 0 fully saturated rings. The van der Waals surface area contributed by atoms with Gasteiger partial charge in [0.1, 0.15) is 5.75 Å². The molecule has 0 bridgehead atoms. The summed E-state index contributed by atoms with van der Waals surface area (Å²) in [6.45, 7) is 5.60. The molecule has 1 amide bonds. The molecular weight excluding hydrogens is 242 g/mol. The molecule has 0 aliphatic rings. The minimum Gasteiger partial charge on any atom is -0.491 e. The highest BCUT2D eigenvalue weighted by Gasteiger charge is 2.02. The lowest BCUT2D eigenvalue weighted by Crippen LogP contribution is -2.33. The maximum Gasteiger partial charge on any atom is 0.244 e. The molecule has 0 saturated heterocycles. The van der Waals surface area contributed by atoms with E-state index in [-0.39, 0.29) is 24.7 Å². The first-order valence-corrected chi connectivity index (χ1v) is 6.37. The predicted octanol–water partition coefficient (Wildman–Crippen LogP) is 1.98. The van der Waals surface area contributed by atoms with Gasteiger partial charge in [-0.2, -0.15) is 0 Å². The Morgan fingerprint density at radius 3 is 2.79 bits per heavy atom. The van der Waals surface area contributed by atoms with E-state index in [0.717, 1.165) is 11.3 Å². The van der Waals surface area contributed by atoms with Crippen LogP contribution in [0.3, 0.4) is 0 Å². The van der Waals surface area contributed by atoms with E-state index in [9.17, 15) is 4.79 Å². The number of benzene rings is 1. The summed E-state index contributed by atoms with van der Waals surface area (Å²) in [7, 11) is 0. The van der Waals surface area contributed by atoms with Crippen molar-refractivity contribution < 1.29 is 14.6 Å². The molecule has 2 N–H and O–H groups in total. The summed E-state index contributed by atoms with van der Waals surface area (Å²) < 4.78 is 5.58. The quantitative estimate of drug-likeness (QED) is 0.772. The first-order valence-electron chi connectivity index (χ1n) is 6.37. The molecule has 0 radical (unpaired) electrons. The van der Waals surface area contributed by atoms with Gasteiger partial charge in [-0.15, -0.1) is 0 Å². The zero-order valence-electron chi connectivity index (χ0n) is 11.6. The topological polar surface area (TPSA) is 58.6 Å². The minimum atomic E-state index is -0.243. The van der Waals surface area contributed by atoms with E-state index in [0.29, 0.717) is 0 Å². The molecule has 104 valence electrons. The number of amides is 1. The molecule has 1 aromatic carbocycles. The second-order valence-electron chi connectivity index (χ2n) is 4.66. The van der Waals surface area contributed by atoms with Gasteiger partial charge in [0.05, 0.1) is 12.7 Å². The minimum absolute atomic E-state index is 0.0721. The number of aliphatic hydroxyl groups excluding tert-OH is 1. The van der Waals surface area contributed by atoms with Crippen molar-refractivity contribution in [3.05, 3.63) is 35.9 Å². The largest absolute Gasteiger partial charge is 0.491 e. The van der Waals surface area contributed by atoms with Crippen LogP contribution in [0.1, 0.15) is 26.3 Å². The van der Waals surface area contributed by atoms with Crippen molar-refractivity contribution in [1.82, 2.24) is 5.32 Å². The predicted molar refractivity (Wildman–Crippen MR) is 75.9 cm³/mol. The zero-order chi connectivity index (χ0) is 14.3. The highest BCUT2D eigenvalue weighted by atomic mass is 16.5. The van der Waals surface area contributed by atoms with Gasteiger partial charge in [0, 0.05) is 12.1 Å². The monoisotopic (exact) mass is 263 g/mol. The normalized spacial score (nSPS) is 12.7. The highest BCUT2D eigenvalue weighted by Crippen LogP contribution is 2.15. The van der Waals surface area contributed by atoms with Crippen molar-refractivity contribution in [3.63, 3.8) is 0 Å². The van der Waals surface area contributed by atoms with Crippen LogP contribution < -0.4 is 10.1 Å². The summed E-state index contributed by atoms with van der Waals surface area (Å²) in [5.41, 5.74) is 0.893. The van der Waals surface area contributed by atoms with E-state index in [1.165, 1.54) is 6.08 Å². The highest BCUT2D eigenvalue weighted by molar-refractivity contribution is 5.91. The van der Waals surface area contributed by atoms with Gasteiger partial charge in [-0.25, -0.2) is 0 Å². The second kappa shape index (κ2) is 7.59. The van der Waals surface area contributed by atoms with Gasteiger partial charge >= 0.3 is 0 Å². The number of ether oxygens (including phenoxy) is 1. The van der Waals surface area contributed by atoms with Gasteiger partial charge in [-0.05, 0) is 44.5 Å². The van der Waals surface area contributed by atoms with Crippen LogP contribution in [0.15, 0.2) is 30.3 Å². The van der Waals surface area contributed by atoms with Crippen molar-refractivity contribution in [2.24, 2.45) is 0 Å². The van der Waals surface area contributed by atoms with Crippen LogP contribution in [-0.4, -0.2) is 29.8 Å². The number of rotatable bonds is 6. The number of carbonyl (C=O) groups is 1. The first-order chi connectivity index (χ1) is 9.01. The van der Waals surface area contributed by atoms with E-state index < -0.39 is 0 Å². The fourth-order valence-electron chi connectivity index (χ4n) is 1.47. The number of hydrogen-bond donors (Lipinski definition) is 2. The third kappa shape index (κ3) is 6.06. The smallest absolute Gasteiger partial charge is 0.244 e. The molecule has 1 aromatic rings. The average Bonchev–Trinajstić information content (AvgIpc) is 2.36. The van der Waals surface area contributed by atoms with E-state index in [4.69, 9.17) is 9.84 Å². The Balaban J connectivity index is 2.63. The van der Waals surface area contributed by atoms with Gasteiger partial charge in [0.15, 0.2) is 0 Å². The van der Waals surface area contributed by atoms with Crippen molar-refractivity contribution >= 4 is 12.0 Å². The number of nitrogens with one attached hydrogen (secondary N) is 1. The average molecular weight is 263 g/mol. The molecule has 19 heavy (non-hydrogen) atoms. The number of carbonyl (C=O) groups excluding carboxylic acids is 1. The maximum absolute atomic E-state index is 11.5. The molecule has 1 atom stereocenters. The molecule has 0 heterocycles. The molecule has 0 saturated carbocycles. The summed E-state index contributed by atoms with van der Waals surface area (Å²) in [4.78, 5) is 11.5. The Labute approximate surface area is 114 Å². The van der Waals surface area contributed by atoms with E-state index in [1.54, 1.807) is 13.0 Å². The Morgan fingerprint density at radius 1 is 1.42 bits per heavy atom. The van der Waals surface area contributed by atoms with Crippen LogP contribution in [-0.2, 0) is 4.79 Å². The van der Waals surface area contributed by atoms with Crippen LogP contribution in [0.4, 0.5) is 0 Å². The molecule has 0 spiro atoms. The van der Waals surface area contributed by atoms with Crippen molar-refractivity contribution in [2.45, 2.75) is 32.9 Å². The number of aliphatic hydroxyl groups is 1. The summed E-state index contributed by atoms with van der Waals surface area (Å²) in [5, 5.41) is 11.5. The van der Waals surface area contributed by atoms with E-state index in [1.807, 2.05) is 38.1 Å². The van der Waals surface area contributed by atoms with Gasteiger partial charge in [0.25, 0.3) is 0 Å². The Morgan fingerprint density at radius 2 is 2.16 bits per heavy atom. The van der Waals surface area contributed by atoms with Gasteiger partial charge in [-0.3, -0.25) is 4.79 Å². The molecule has 0 aliphatic heterocycles. The van der Waals surface area contributed by atoms with Crippen molar-refractivity contribution in [2.75, 3.05) is 6.61 Å².